The molecule has 5 rings (SSSR count). The molecule has 1 aliphatic heterocycles. The standard InChI is InChI=1S/C31H31N3O3S2/c1-21(25-13-7-11-23-10-5-6-12-27(23)25)32-18-24-19-34(16-14-26(24)22-8-3-2-4-9-22)31(36)30-28(15-17-38-30)39-20-29(35)33-37/h2-13,15,17,21,24,26,32H,14,16,18-20H2,1H3/t21-,24?,26?/m1/s1. The topological polar surface area (TPSA) is 78.8 Å². The lowest BCUT2D eigenvalue weighted by atomic mass is 9.80. The normalized spacial score (nSPS) is 18.1. The van der Waals surface area contributed by atoms with Gasteiger partial charge in [-0.05, 0) is 58.5 Å². The maximum atomic E-state index is 13.6. The largest absolute Gasteiger partial charge is 0.338 e. The summed E-state index contributed by atoms with van der Waals surface area (Å²) in [6.45, 7) is 4.30. The summed E-state index contributed by atoms with van der Waals surface area (Å²) in [4.78, 5) is 38.8. The summed E-state index contributed by atoms with van der Waals surface area (Å²) in [6, 6.07) is 27.5. The van der Waals surface area contributed by atoms with Crippen LogP contribution in [0.15, 0.2) is 94.3 Å². The van der Waals surface area contributed by atoms with Crippen molar-refractivity contribution in [2.24, 2.45) is 11.1 Å². The zero-order valence-electron chi connectivity index (χ0n) is 21.8. The second-order valence-corrected chi connectivity index (χ2v) is 11.8. The average molecular weight is 558 g/mol. The predicted molar refractivity (Wildman–Crippen MR) is 159 cm³/mol. The van der Waals surface area contributed by atoms with Crippen LogP contribution < -0.4 is 5.32 Å². The van der Waals surface area contributed by atoms with Crippen molar-refractivity contribution in [3.05, 3.63) is 105 Å². The molecule has 1 aliphatic rings. The number of likely N-dealkylation sites (tertiary alicyclic amines) is 1. The van der Waals surface area contributed by atoms with Gasteiger partial charge in [0.1, 0.15) is 4.88 Å². The van der Waals surface area contributed by atoms with Crippen LogP contribution in [0.5, 0.6) is 0 Å². The van der Waals surface area contributed by atoms with Crippen LogP contribution in [-0.4, -0.2) is 42.1 Å². The molecule has 1 saturated heterocycles. The van der Waals surface area contributed by atoms with Crippen LogP contribution in [0, 0.1) is 10.8 Å². The monoisotopic (exact) mass is 557 g/mol. The average Bonchev–Trinajstić information content (AvgIpc) is 3.47. The molecular formula is C31H31N3O3S2. The number of thioether (sulfide) groups is 1. The molecule has 3 aromatic carbocycles. The van der Waals surface area contributed by atoms with Crippen molar-refractivity contribution in [2.45, 2.75) is 30.2 Å². The van der Waals surface area contributed by atoms with Gasteiger partial charge in [-0.25, -0.2) is 0 Å². The molecule has 0 radical (unpaired) electrons. The second kappa shape index (κ2) is 12.7. The molecular weight excluding hydrogens is 526 g/mol. The van der Waals surface area contributed by atoms with Gasteiger partial charge >= 0.3 is 0 Å². The Kier molecular flexibility index (Phi) is 8.86. The minimum Gasteiger partial charge on any atom is -0.338 e. The molecule has 1 aromatic heterocycles. The minimum atomic E-state index is -0.722. The fraction of sp³-hybridized carbons (Fsp3) is 0.290. The molecule has 0 spiro atoms. The molecule has 0 saturated carbocycles. The summed E-state index contributed by atoms with van der Waals surface area (Å²) in [5.41, 5.74) is 2.58. The van der Waals surface area contributed by atoms with Crippen LogP contribution in [0.3, 0.4) is 0 Å². The highest BCUT2D eigenvalue weighted by Gasteiger charge is 2.34. The first kappa shape index (κ1) is 27.2. The van der Waals surface area contributed by atoms with Gasteiger partial charge in [0.05, 0.1) is 5.75 Å². The Bertz CT molecular complexity index is 1450. The molecule has 0 aliphatic carbocycles. The number of nitrogens with one attached hydrogen (secondary N) is 1. The number of nitroso groups, excluding NO2 is 1. The van der Waals surface area contributed by atoms with E-state index in [0.29, 0.717) is 23.9 Å². The van der Waals surface area contributed by atoms with Crippen molar-refractivity contribution in [2.75, 3.05) is 25.4 Å². The van der Waals surface area contributed by atoms with E-state index in [1.165, 1.54) is 45.0 Å². The summed E-state index contributed by atoms with van der Waals surface area (Å²) < 4.78 is 0. The zero-order chi connectivity index (χ0) is 27.2. The van der Waals surface area contributed by atoms with Gasteiger partial charge in [-0.3, -0.25) is 9.59 Å². The van der Waals surface area contributed by atoms with Crippen molar-refractivity contribution < 1.29 is 9.59 Å². The fourth-order valence-electron chi connectivity index (χ4n) is 5.51. The molecule has 4 aromatic rings. The van der Waals surface area contributed by atoms with E-state index >= 15 is 0 Å². The summed E-state index contributed by atoms with van der Waals surface area (Å²) in [6.07, 6.45) is 0.881. The van der Waals surface area contributed by atoms with Crippen molar-refractivity contribution in [1.82, 2.24) is 10.2 Å². The van der Waals surface area contributed by atoms with Crippen molar-refractivity contribution in [1.29, 1.82) is 0 Å². The smallest absolute Gasteiger partial charge is 0.296 e. The van der Waals surface area contributed by atoms with Crippen molar-refractivity contribution in [3.63, 3.8) is 0 Å². The summed E-state index contributed by atoms with van der Waals surface area (Å²) in [5, 5.41) is 10.6. The first-order valence-electron chi connectivity index (χ1n) is 13.2. The van der Waals surface area contributed by atoms with E-state index < -0.39 is 5.91 Å². The van der Waals surface area contributed by atoms with Gasteiger partial charge in [-0.1, -0.05) is 72.8 Å². The molecule has 2 amide bonds. The van der Waals surface area contributed by atoms with E-state index in [-0.39, 0.29) is 23.6 Å². The highest BCUT2D eigenvalue weighted by atomic mass is 32.2. The number of fused-ring (bicyclic) bond motifs is 1. The molecule has 39 heavy (non-hydrogen) atoms. The lowest BCUT2D eigenvalue weighted by Gasteiger charge is -2.39. The molecule has 6 nitrogen and oxygen atoms in total. The van der Waals surface area contributed by atoms with Gasteiger partial charge in [0.25, 0.3) is 11.8 Å². The predicted octanol–water partition coefficient (Wildman–Crippen LogP) is 6.88. The van der Waals surface area contributed by atoms with Crippen LogP contribution in [0.4, 0.5) is 0 Å². The molecule has 3 atom stereocenters. The number of nitrogens with zero attached hydrogens (tertiary/aromatic N) is 2. The number of piperidine rings is 1. The van der Waals surface area contributed by atoms with Crippen molar-refractivity contribution in [3.8, 4) is 0 Å². The highest BCUT2D eigenvalue weighted by molar-refractivity contribution is 8.00. The third-order valence-corrected chi connectivity index (χ3v) is 9.58. The summed E-state index contributed by atoms with van der Waals surface area (Å²) >= 11 is 2.57. The Labute approximate surface area is 236 Å². The lowest BCUT2D eigenvalue weighted by Crippen LogP contribution is -2.46. The number of hydrogen-bond acceptors (Lipinski definition) is 6. The second-order valence-electron chi connectivity index (χ2n) is 9.90. The minimum absolute atomic E-state index is 0.0161. The number of thiophene rings is 1. The number of amides is 2. The third-order valence-electron chi connectivity index (χ3n) is 7.50. The van der Waals surface area contributed by atoms with Gasteiger partial charge in [-0.15, -0.1) is 28.0 Å². The SMILES string of the molecule is C[C@@H](NCC1CN(C(=O)c2sccc2SCC(=O)N=O)CCC1c1ccccc1)c1cccc2ccccc12. The quantitative estimate of drug-likeness (QED) is 0.179. The molecule has 1 N–H and O–H groups in total. The van der Waals surface area contributed by atoms with Gasteiger partial charge < -0.3 is 10.2 Å². The third kappa shape index (κ3) is 6.30. The first-order chi connectivity index (χ1) is 19.0. The lowest BCUT2D eigenvalue weighted by molar-refractivity contribution is -0.115. The van der Waals surface area contributed by atoms with Crippen LogP contribution >= 0.6 is 23.1 Å². The van der Waals surface area contributed by atoms with Gasteiger partial charge in [0.2, 0.25) is 0 Å². The summed E-state index contributed by atoms with van der Waals surface area (Å²) in [5.74, 6) is -0.220. The molecule has 8 heteroatoms. The van der Waals surface area contributed by atoms with E-state index in [1.54, 1.807) is 0 Å². The molecule has 1 fully saturated rings. The van der Waals surface area contributed by atoms with Gasteiger partial charge in [0.15, 0.2) is 0 Å². The van der Waals surface area contributed by atoms with Crippen LogP contribution in [0.1, 0.15) is 46.1 Å². The Balaban J connectivity index is 1.33. The van der Waals surface area contributed by atoms with E-state index in [0.717, 1.165) is 17.9 Å². The van der Waals surface area contributed by atoms with Gasteiger partial charge in [0, 0.05) is 35.7 Å². The number of carbonyl (C=O) groups is 2. The first-order valence-corrected chi connectivity index (χ1v) is 15.0. The maximum Gasteiger partial charge on any atom is 0.296 e. The number of carbonyl (C=O) groups excluding carboxylic acids is 2. The highest BCUT2D eigenvalue weighted by Crippen LogP contribution is 2.36. The number of rotatable bonds is 9. The molecule has 2 heterocycles. The Hall–Kier alpha value is -3.33. The molecule has 2 unspecified atom stereocenters. The Morgan fingerprint density at radius 2 is 1.82 bits per heavy atom. The molecule has 200 valence electrons. The Morgan fingerprint density at radius 1 is 1.05 bits per heavy atom. The zero-order valence-corrected chi connectivity index (χ0v) is 23.4. The van der Waals surface area contributed by atoms with Crippen LogP contribution in [-0.2, 0) is 4.79 Å². The molecule has 0 bridgehead atoms. The van der Waals surface area contributed by atoms with E-state index in [4.69, 9.17) is 0 Å². The van der Waals surface area contributed by atoms with E-state index in [2.05, 4.69) is 84.1 Å². The number of hydrogen-bond donors (Lipinski definition) is 1. The van der Waals surface area contributed by atoms with E-state index in [9.17, 15) is 14.5 Å². The van der Waals surface area contributed by atoms with Gasteiger partial charge in [-0.2, -0.15) is 0 Å². The Morgan fingerprint density at radius 3 is 2.64 bits per heavy atom. The van der Waals surface area contributed by atoms with E-state index in [1.807, 2.05) is 22.4 Å². The summed E-state index contributed by atoms with van der Waals surface area (Å²) in [7, 11) is 0. The number of benzene rings is 3. The van der Waals surface area contributed by atoms with Crippen molar-refractivity contribution >= 4 is 45.7 Å². The van der Waals surface area contributed by atoms with Crippen LogP contribution in [0.2, 0.25) is 0 Å². The maximum absolute atomic E-state index is 13.6. The fourth-order valence-corrected chi connectivity index (χ4v) is 7.38. The van der Waals surface area contributed by atoms with Crippen LogP contribution in [0.25, 0.3) is 10.8 Å².